The molecule has 1 aliphatic heterocycles. The first-order chi connectivity index (χ1) is 8.57. The first-order valence-corrected chi connectivity index (χ1v) is 7.00. The highest BCUT2D eigenvalue weighted by Gasteiger charge is 2.49. The van der Waals surface area contributed by atoms with E-state index in [0.29, 0.717) is 0 Å². The van der Waals surface area contributed by atoms with Gasteiger partial charge >= 0.3 is 0 Å². The molecule has 1 heterocycles. The Morgan fingerprint density at radius 3 is 2.37 bits per heavy atom. The van der Waals surface area contributed by atoms with E-state index in [4.69, 9.17) is 4.99 Å². The zero-order chi connectivity index (χ0) is 14.5. The first kappa shape index (κ1) is 14.5. The fourth-order valence-electron chi connectivity index (χ4n) is 3.05. The molecule has 105 valence electrons. The molecule has 0 fully saturated rings. The van der Waals surface area contributed by atoms with Crippen molar-refractivity contribution in [2.45, 2.75) is 65.6 Å². The smallest absolute Gasteiger partial charge is 0.134 e. The van der Waals surface area contributed by atoms with Gasteiger partial charge in [0.15, 0.2) is 0 Å². The quantitative estimate of drug-likeness (QED) is 0.758. The minimum absolute atomic E-state index is 0.0564. The van der Waals surface area contributed by atoms with Crippen LogP contribution in [0.1, 0.15) is 54.4 Å². The maximum absolute atomic E-state index is 12.3. The van der Waals surface area contributed by atoms with Crippen LogP contribution in [0.25, 0.3) is 0 Å². The van der Waals surface area contributed by atoms with Crippen molar-refractivity contribution in [1.29, 1.82) is 0 Å². The van der Waals surface area contributed by atoms with Crippen LogP contribution in [0.4, 0.5) is 0 Å². The number of rotatable bonds is 3. The molecule has 0 aromatic rings. The molecular weight excluding hydrogens is 236 g/mol. The summed E-state index contributed by atoms with van der Waals surface area (Å²) in [5, 5.41) is 13.5. The average Bonchev–Trinajstić information content (AvgIpc) is 2.84. The lowest BCUT2D eigenvalue weighted by Crippen LogP contribution is -2.49. The van der Waals surface area contributed by atoms with Crippen molar-refractivity contribution >= 4 is 5.71 Å². The van der Waals surface area contributed by atoms with E-state index in [-0.39, 0.29) is 5.41 Å². The van der Waals surface area contributed by atoms with Gasteiger partial charge in [-0.25, -0.2) is 0 Å². The van der Waals surface area contributed by atoms with E-state index in [1.165, 1.54) is 5.57 Å². The molecule has 0 unspecified atom stereocenters. The molecule has 0 bridgehead atoms. The minimum atomic E-state index is -0.642. The molecule has 1 aliphatic carbocycles. The van der Waals surface area contributed by atoms with Gasteiger partial charge in [0, 0.05) is 5.71 Å². The van der Waals surface area contributed by atoms with Crippen LogP contribution < -0.4 is 0 Å². The topological polar surface area (TPSA) is 35.5 Å². The molecule has 0 saturated carbocycles. The molecule has 2 aliphatic rings. The van der Waals surface area contributed by atoms with Gasteiger partial charge in [0.05, 0.1) is 5.54 Å². The molecule has 0 atom stereocenters. The van der Waals surface area contributed by atoms with E-state index in [9.17, 15) is 5.21 Å². The average molecular weight is 261 g/mol. The number of hydrogen-bond donors (Lipinski definition) is 0. The summed E-state index contributed by atoms with van der Waals surface area (Å²) in [6.45, 7) is 12.2. The summed E-state index contributed by atoms with van der Waals surface area (Å²) >= 11 is 0. The van der Waals surface area contributed by atoms with Gasteiger partial charge in [-0.05, 0) is 46.0 Å². The Kier molecular flexibility index (Phi) is 3.27. The summed E-state index contributed by atoms with van der Waals surface area (Å²) in [5.74, 6) is 0. The Morgan fingerprint density at radius 1 is 1.32 bits per heavy atom. The van der Waals surface area contributed by atoms with Crippen molar-refractivity contribution in [2.75, 3.05) is 0 Å². The van der Waals surface area contributed by atoms with Gasteiger partial charge in [-0.1, -0.05) is 37.6 Å². The summed E-state index contributed by atoms with van der Waals surface area (Å²) in [6.07, 6.45) is 8.36. The Balaban J connectivity index is 2.24. The van der Waals surface area contributed by atoms with Gasteiger partial charge in [-0.3, -0.25) is 4.99 Å². The third-order valence-corrected chi connectivity index (χ3v) is 4.37. The van der Waals surface area contributed by atoms with E-state index < -0.39 is 11.2 Å². The molecule has 0 saturated heterocycles. The standard InChI is InChI=1S/C16H25N2O/c1-14(2,12-9-7-8-10-12)11-13-15(3,4)18(19)16(5,6)17-13/h7-9H,10-11H2,1-6H3. The number of nitrogens with zero attached hydrogens (tertiary/aromatic N) is 2. The van der Waals surface area contributed by atoms with Gasteiger partial charge in [-0.15, -0.1) is 10.3 Å². The largest absolute Gasteiger partial charge is 0.268 e. The van der Waals surface area contributed by atoms with E-state index in [0.717, 1.165) is 23.6 Å². The van der Waals surface area contributed by atoms with Crippen molar-refractivity contribution in [3.8, 4) is 0 Å². The molecule has 2 rings (SSSR count). The van der Waals surface area contributed by atoms with Crippen molar-refractivity contribution < 1.29 is 5.21 Å². The lowest BCUT2D eigenvalue weighted by molar-refractivity contribution is -0.241. The van der Waals surface area contributed by atoms with Crippen LogP contribution in [0.5, 0.6) is 0 Å². The minimum Gasteiger partial charge on any atom is -0.268 e. The maximum atomic E-state index is 12.3. The molecular formula is C16H25N2O. The third kappa shape index (κ3) is 2.41. The van der Waals surface area contributed by atoms with E-state index in [1.54, 1.807) is 0 Å². The summed E-state index contributed by atoms with van der Waals surface area (Å²) in [7, 11) is 0. The second kappa shape index (κ2) is 4.29. The van der Waals surface area contributed by atoms with Crippen molar-refractivity contribution in [3.05, 3.63) is 23.8 Å². The maximum Gasteiger partial charge on any atom is 0.134 e. The van der Waals surface area contributed by atoms with E-state index >= 15 is 0 Å². The Hall–Kier alpha value is -0.930. The molecule has 0 spiro atoms. The monoisotopic (exact) mass is 261 g/mol. The molecule has 0 aromatic carbocycles. The number of aliphatic imine (C=N–C) groups is 1. The predicted molar refractivity (Wildman–Crippen MR) is 78.4 cm³/mol. The molecule has 0 aromatic heterocycles. The Morgan fingerprint density at radius 2 is 1.95 bits per heavy atom. The molecule has 3 nitrogen and oxygen atoms in total. The van der Waals surface area contributed by atoms with Gasteiger partial charge in [0.1, 0.15) is 5.66 Å². The summed E-state index contributed by atoms with van der Waals surface area (Å²) in [4.78, 5) is 4.69. The number of hydroxylamine groups is 2. The highest BCUT2D eigenvalue weighted by Crippen LogP contribution is 2.41. The summed E-state index contributed by atoms with van der Waals surface area (Å²) < 4.78 is 0. The first-order valence-electron chi connectivity index (χ1n) is 7.00. The van der Waals surface area contributed by atoms with Gasteiger partial charge in [0.25, 0.3) is 0 Å². The van der Waals surface area contributed by atoms with Gasteiger partial charge in [-0.2, -0.15) is 0 Å². The highest BCUT2D eigenvalue weighted by atomic mass is 16.5. The van der Waals surface area contributed by atoms with Gasteiger partial charge in [0.2, 0.25) is 0 Å². The van der Waals surface area contributed by atoms with E-state index in [1.807, 2.05) is 27.7 Å². The highest BCUT2D eigenvalue weighted by molar-refractivity contribution is 5.95. The van der Waals surface area contributed by atoms with E-state index in [2.05, 4.69) is 32.1 Å². The van der Waals surface area contributed by atoms with Crippen LogP contribution in [0.15, 0.2) is 28.8 Å². The van der Waals surface area contributed by atoms with Crippen LogP contribution in [0.2, 0.25) is 0 Å². The lowest BCUT2D eigenvalue weighted by atomic mass is 9.76. The van der Waals surface area contributed by atoms with Crippen molar-refractivity contribution in [3.63, 3.8) is 0 Å². The van der Waals surface area contributed by atoms with Crippen LogP contribution in [0, 0.1) is 5.41 Å². The zero-order valence-electron chi connectivity index (χ0n) is 12.9. The zero-order valence-corrected chi connectivity index (χ0v) is 12.9. The third-order valence-electron chi connectivity index (χ3n) is 4.37. The van der Waals surface area contributed by atoms with Crippen molar-refractivity contribution in [2.24, 2.45) is 10.4 Å². The van der Waals surface area contributed by atoms with Gasteiger partial charge < -0.3 is 0 Å². The SMILES string of the molecule is CC(C)(CC1=NC(C)(C)N([O])C1(C)C)C1=CC=CC1. The van der Waals surface area contributed by atoms with Crippen LogP contribution >= 0.6 is 0 Å². The summed E-state index contributed by atoms with van der Waals surface area (Å²) in [5.41, 5.74) is 1.35. The van der Waals surface area contributed by atoms with Crippen molar-refractivity contribution in [1.82, 2.24) is 5.06 Å². The fraction of sp³-hybridized carbons (Fsp3) is 0.688. The number of allylic oxidation sites excluding steroid dienone is 4. The lowest BCUT2D eigenvalue weighted by Gasteiger charge is -2.34. The molecule has 0 amide bonds. The van der Waals surface area contributed by atoms with Crippen LogP contribution in [0.3, 0.4) is 0 Å². The molecule has 19 heavy (non-hydrogen) atoms. The molecule has 1 radical (unpaired) electrons. The Labute approximate surface area is 116 Å². The molecule has 0 N–H and O–H groups in total. The molecule has 3 heteroatoms. The van der Waals surface area contributed by atoms with Crippen LogP contribution in [-0.2, 0) is 5.21 Å². The second-order valence-electron chi connectivity index (χ2n) is 7.29. The van der Waals surface area contributed by atoms with Crippen LogP contribution in [-0.4, -0.2) is 22.0 Å². The predicted octanol–water partition coefficient (Wildman–Crippen LogP) is 3.91. The summed E-state index contributed by atoms with van der Waals surface area (Å²) in [6, 6.07) is 0. The normalized spacial score (nSPS) is 25.6. The number of hydrogen-bond acceptors (Lipinski definition) is 2. The second-order valence-corrected chi connectivity index (χ2v) is 7.29. The Bertz CT molecular complexity index is 467. The fourth-order valence-corrected chi connectivity index (χ4v) is 3.05.